The Labute approximate surface area is 141 Å². The fourth-order valence-electron chi connectivity index (χ4n) is 4.45. The van der Waals surface area contributed by atoms with Gasteiger partial charge in [0.25, 0.3) is 0 Å². The highest BCUT2D eigenvalue weighted by Crippen LogP contribution is 2.52. The van der Waals surface area contributed by atoms with Crippen molar-refractivity contribution in [2.75, 3.05) is 13.1 Å². The Bertz CT molecular complexity index is 670. The maximum atomic E-state index is 12.5. The predicted molar refractivity (Wildman–Crippen MR) is 88.9 cm³/mol. The number of carbonyl (C=O) groups excluding carboxylic acids is 2. The Morgan fingerprint density at radius 1 is 1.12 bits per heavy atom. The van der Waals surface area contributed by atoms with Gasteiger partial charge in [0.15, 0.2) is 0 Å². The van der Waals surface area contributed by atoms with Gasteiger partial charge < -0.3 is 10.4 Å². The van der Waals surface area contributed by atoms with Crippen molar-refractivity contribution < 1.29 is 14.7 Å². The molecule has 2 aliphatic carbocycles. The van der Waals surface area contributed by atoms with Gasteiger partial charge in [-0.15, -0.1) is 0 Å². The molecule has 126 valence electrons. The van der Waals surface area contributed by atoms with Crippen molar-refractivity contribution in [3.05, 3.63) is 42.0 Å². The normalized spacial score (nSPS) is 30.4. The second-order valence-electron chi connectivity index (χ2n) is 7.03. The number of hydrogen-bond donors (Lipinski definition) is 2. The molecule has 2 amide bonds. The highest BCUT2D eigenvalue weighted by molar-refractivity contribution is 6.06. The molecule has 2 fully saturated rings. The second kappa shape index (κ2) is 6.06. The van der Waals surface area contributed by atoms with Crippen molar-refractivity contribution in [3.8, 4) is 5.75 Å². The lowest BCUT2D eigenvalue weighted by atomic mass is 9.85. The van der Waals surface area contributed by atoms with Gasteiger partial charge in [0.05, 0.1) is 11.8 Å². The summed E-state index contributed by atoms with van der Waals surface area (Å²) in [6, 6.07) is 7.14. The molecule has 1 aromatic carbocycles. The van der Waals surface area contributed by atoms with E-state index in [1.165, 1.54) is 4.90 Å². The Kier molecular flexibility index (Phi) is 3.88. The largest absolute Gasteiger partial charge is 0.508 e. The van der Waals surface area contributed by atoms with E-state index in [0.29, 0.717) is 13.1 Å². The molecule has 1 saturated heterocycles. The Morgan fingerprint density at radius 2 is 1.83 bits per heavy atom. The zero-order valence-electron chi connectivity index (χ0n) is 13.5. The molecule has 1 aliphatic heterocycles. The van der Waals surface area contributed by atoms with Crippen LogP contribution in [-0.2, 0) is 16.1 Å². The van der Waals surface area contributed by atoms with E-state index in [1.807, 2.05) is 12.1 Å². The first-order valence-electron chi connectivity index (χ1n) is 8.67. The number of rotatable bonds is 6. The van der Waals surface area contributed by atoms with E-state index in [4.69, 9.17) is 0 Å². The molecular weight excluding hydrogens is 304 g/mol. The molecule has 2 bridgehead atoms. The average molecular weight is 326 g/mol. The van der Waals surface area contributed by atoms with Gasteiger partial charge in [-0.05, 0) is 48.9 Å². The van der Waals surface area contributed by atoms with Gasteiger partial charge in [0.2, 0.25) is 11.8 Å². The first-order chi connectivity index (χ1) is 11.6. The fourth-order valence-corrected chi connectivity index (χ4v) is 4.45. The molecular formula is C19H22N2O3. The van der Waals surface area contributed by atoms with E-state index in [2.05, 4.69) is 17.5 Å². The number of likely N-dealkylation sites (tertiary alicyclic amines) is 1. The van der Waals surface area contributed by atoms with Crippen LogP contribution in [0.2, 0.25) is 0 Å². The van der Waals surface area contributed by atoms with Crippen molar-refractivity contribution in [3.63, 3.8) is 0 Å². The summed E-state index contributed by atoms with van der Waals surface area (Å²) >= 11 is 0. The highest BCUT2D eigenvalue weighted by Gasteiger charge is 2.58. The molecule has 0 aromatic heterocycles. The Morgan fingerprint density at radius 3 is 2.50 bits per heavy atom. The third-order valence-electron chi connectivity index (χ3n) is 5.54. The van der Waals surface area contributed by atoms with Gasteiger partial charge in [-0.1, -0.05) is 24.3 Å². The first kappa shape index (κ1) is 15.4. The molecule has 1 aromatic rings. The number of phenolic OH excluding ortho intramolecular Hbond substituents is 1. The van der Waals surface area contributed by atoms with Gasteiger partial charge >= 0.3 is 0 Å². The standard InChI is InChI=1S/C19H22N2O3/c22-15-4-1-3-12(9-15)11-20-7-2-8-21-18(23)16-13-5-6-14(10-13)17(16)19(21)24/h1,3-6,9,13-14,16-17,20,22H,2,7-8,10-11H2/t13-,14-,16-,17-/m0/s1. The number of carbonyl (C=O) groups is 2. The molecule has 0 radical (unpaired) electrons. The lowest BCUT2D eigenvalue weighted by Gasteiger charge is -2.17. The second-order valence-corrected chi connectivity index (χ2v) is 7.03. The molecule has 5 nitrogen and oxygen atoms in total. The minimum absolute atomic E-state index is 0.0369. The third kappa shape index (κ3) is 2.53. The van der Waals surface area contributed by atoms with Crippen LogP contribution in [0, 0.1) is 23.7 Å². The van der Waals surface area contributed by atoms with Crippen LogP contribution in [0.3, 0.4) is 0 Å². The molecule has 2 N–H and O–H groups in total. The van der Waals surface area contributed by atoms with E-state index >= 15 is 0 Å². The van der Waals surface area contributed by atoms with Crippen LogP contribution in [0.4, 0.5) is 0 Å². The molecule has 0 unspecified atom stereocenters. The van der Waals surface area contributed by atoms with Crippen LogP contribution in [0.1, 0.15) is 18.4 Å². The molecule has 5 heteroatoms. The van der Waals surface area contributed by atoms with Crippen LogP contribution in [0.15, 0.2) is 36.4 Å². The topological polar surface area (TPSA) is 69.6 Å². The van der Waals surface area contributed by atoms with Gasteiger partial charge in [-0.3, -0.25) is 14.5 Å². The number of allylic oxidation sites excluding steroid dienone is 2. The van der Waals surface area contributed by atoms with Crippen LogP contribution >= 0.6 is 0 Å². The van der Waals surface area contributed by atoms with Crippen molar-refractivity contribution in [1.29, 1.82) is 0 Å². The number of hydrogen-bond acceptors (Lipinski definition) is 4. The van der Waals surface area contributed by atoms with E-state index in [9.17, 15) is 14.7 Å². The molecule has 0 spiro atoms. The van der Waals surface area contributed by atoms with Crippen molar-refractivity contribution >= 4 is 11.8 Å². The molecule has 24 heavy (non-hydrogen) atoms. The number of nitrogens with one attached hydrogen (secondary N) is 1. The minimum atomic E-state index is -0.0900. The molecule has 1 saturated carbocycles. The number of benzene rings is 1. The van der Waals surface area contributed by atoms with Crippen LogP contribution in [-0.4, -0.2) is 34.9 Å². The number of nitrogens with zero attached hydrogens (tertiary/aromatic N) is 1. The summed E-state index contributed by atoms with van der Waals surface area (Å²) in [6.07, 6.45) is 5.97. The van der Waals surface area contributed by atoms with E-state index in [-0.39, 0.29) is 41.2 Å². The number of phenols is 1. The monoisotopic (exact) mass is 326 g/mol. The summed E-state index contributed by atoms with van der Waals surface area (Å²) in [5.41, 5.74) is 1.01. The number of fused-ring (bicyclic) bond motifs is 5. The quantitative estimate of drug-likeness (QED) is 0.474. The van der Waals surface area contributed by atoms with Crippen molar-refractivity contribution in [2.45, 2.75) is 19.4 Å². The summed E-state index contributed by atoms with van der Waals surface area (Å²) < 4.78 is 0. The first-order valence-corrected chi connectivity index (χ1v) is 8.67. The van der Waals surface area contributed by atoms with E-state index in [0.717, 1.165) is 24.9 Å². The minimum Gasteiger partial charge on any atom is -0.508 e. The van der Waals surface area contributed by atoms with Gasteiger partial charge in [-0.25, -0.2) is 0 Å². The van der Waals surface area contributed by atoms with Crippen LogP contribution < -0.4 is 5.32 Å². The fraction of sp³-hybridized carbons (Fsp3) is 0.474. The zero-order chi connectivity index (χ0) is 16.7. The van der Waals surface area contributed by atoms with Crippen molar-refractivity contribution in [1.82, 2.24) is 10.2 Å². The Balaban J connectivity index is 1.25. The Hall–Kier alpha value is -2.14. The number of imide groups is 1. The molecule has 4 atom stereocenters. The molecule has 3 aliphatic rings. The number of aromatic hydroxyl groups is 1. The van der Waals surface area contributed by atoms with Crippen LogP contribution in [0.5, 0.6) is 5.75 Å². The maximum absolute atomic E-state index is 12.5. The SMILES string of the molecule is O=C1[C@@H]2[C@@H](C(=O)N1CCCNCc1cccc(O)c1)[C@H]1C=C[C@H]2C1. The maximum Gasteiger partial charge on any atom is 0.233 e. The summed E-state index contributed by atoms with van der Waals surface area (Å²) in [6.45, 7) is 1.89. The molecule has 1 heterocycles. The number of amides is 2. The third-order valence-corrected chi connectivity index (χ3v) is 5.54. The van der Waals surface area contributed by atoms with Crippen LogP contribution in [0.25, 0.3) is 0 Å². The predicted octanol–water partition coefficient (Wildman–Crippen LogP) is 1.68. The van der Waals surface area contributed by atoms with Gasteiger partial charge in [0.1, 0.15) is 5.75 Å². The summed E-state index contributed by atoms with van der Waals surface area (Å²) in [7, 11) is 0. The molecule has 4 rings (SSSR count). The smallest absolute Gasteiger partial charge is 0.233 e. The summed E-state index contributed by atoms with van der Waals surface area (Å²) in [5, 5.41) is 12.7. The van der Waals surface area contributed by atoms with Crippen molar-refractivity contribution in [2.24, 2.45) is 23.7 Å². The van der Waals surface area contributed by atoms with E-state index < -0.39 is 0 Å². The van der Waals surface area contributed by atoms with Gasteiger partial charge in [0, 0.05) is 13.1 Å². The lowest BCUT2D eigenvalue weighted by Crippen LogP contribution is -2.35. The zero-order valence-corrected chi connectivity index (χ0v) is 13.5. The van der Waals surface area contributed by atoms with E-state index in [1.54, 1.807) is 12.1 Å². The highest BCUT2D eigenvalue weighted by atomic mass is 16.3. The average Bonchev–Trinajstić information content (AvgIpc) is 3.23. The summed E-state index contributed by atoms with van der Waals surface area (Å²) in [4.78, 5) is 26.5. The lowest BCUT2D eigenvalue weighted by molar-refractivity contribution is -0.140. The summed E-state index contributed by atoms with van der Waals surface area (Å²) in [5.74, 6) is 0.721. The van der Waals surface area contributed by atoms with Gasteiger partial charge in [-0.2, -0.15) is 0 Å².